The van der Waals surface area contributed by atoms with Gasteiger partial charge in [0.2, 0.25) is 0 Å². The summed E-state index contributed by atoms with van der Waals surface area (Å²) in [5.41, 5.74) is 6.12. The molecule has 1 aliphatic heterocycles. The second kappa shape index (κ2) is 4.70. The Morgan fingerprint density at radius 3 is 3.00 bits per heavy atom. The van der Waals surface area contributed by atoms with Crippen molar-refractivity contribution in [3.63, 3.8) is 0 Å². The fourth-order valence-electron chi connectivity index (χ4n) is 1.82. The molecule has 1 heterocycles. The van der Waals surface area contributed by atoms with E-state index in [-0.39, 0.29) is 11.9 Å². The van der Waals surface area contributed by atoms with Gasteiger partial charge < -0.3 is 15.2 Å². The van der Waals surface area contributed by atoms with Crippen LogP contribution in [0.1, 0.15) is 19.8 Å². The van der Waals surface area contributed by atoms with Gasteiger partial charge in [-0.05, 0) is 31.9 Å². The van der Waals surface area contributed by atoms with Gasteiger partial charge in [0.25, 0.3) is 0 Å². The van der Waals surface area contributed by atoms with Crippen molar-refractivity contribution < 1.29 is 13.9 Å². The Hall–Kier alpha value is -1.29. The van der Waals surface area contributed by atoms with Crippen molar-refractivity contribution in [2.45, 2.75) is 32.0 Å². The molecular formula is C12H16FNO2. The normalized spacial score (nSPS) is 24.6. The number of hydrogen-bond donors (Lipinski definition) is 1. The highest BCUT2D eigenvalue weighted by atomic mass is 19.1. The van der Waals surface area contributed by atoms with Gasteiger partial charge in [-0.15, -0.1) is 0 Å². The number of benzene rings is 1. The molecular weight excluding hydrogens is 209 g/mol. The lowest BCUT2D eigenvalue weighted by Gasteiger charge is -2.13. The predicted molar refractivity (Wildman–Crippen MR) is 59.9 cm³/mol. The first kappa shape index (κ1) is 11.2. The summed E-state index contributed by atoms with van der Waals surface area (Å²) >= 11 is 0. The maximum absolute atomic E-state index is 12.9. The zero-order valence-electron chi connectivity index (χ0n) is 9.28. The smallest absolute Gasteiger partial charge is 0.145 e. The number of nitrogen functional groups attached to an aromatic ring is 1. The Labute approximate surface area is 94.3 Å². The van der Waals surface area contributed by atoms with Crippen LogP contribution in [-0.4, -0.2) is 18.8 Å². The summed E-state index contributed by atoms with van der Waals surface area (Å²) in [5, 5.41) is 0. The van der Waals surface area contributed by atoms with Crippen molar-refractivity contribution in [3.05, 3.63) is 24.0 Å². The summed E-state index contributed by atoms with van der Waals surface area (Å²) < 4.78 is 24.0. The summed E-state index contributed by atoms with van der Waals surface area (Å²) in [6.07, 6.45) is 2.42. The maximum atomic E-state index is 12.9. The van der Waals surface area contributed by atoms with E-state index >= 15 is 0 Å². The molecule has 3 nitrogen and oxygen atoms in total. The Balaban J connectivity index is 1.91. The number of rotatable bonds is 3. The molecule has 0 radical (unpaired) electrons. The number of anilines is 1. The highest BCUT2D eigenvalue weighted by Gasteiger charge is 2.22. The van der Waals surface area contributed by atoms with Gasteiger partial charge in [-0.1, -0.05) is 0 Å². The van der Waals surface area contributed by atoms with Crippen molar-refractivity contribution in [1.82, 2.24) is 0 Å². The Morgan fingerprint density at radius 2 is 2.31 bits per heavy atom. The van der Waals surface area contributed by atoms with Gasteiger partial charge in [0.05, 0.1) is 17.9 Å². The number of halogens is 1. The Bertz CT molecular complexity index is 370. The molecule has 2 atom stereocenters. The average molecular weight is 225 g/mol. The van der Waals surface area contributed by atoms with Crippen LogP contribution in [0.5, 0.6) is 5.75 Å². The van der Waals surface area contributed by atoms with Crippen LogP contribution in [0.3, 0.4) is 0 Å². The molecule has 4 heteroatoms. The minimum Gasteiger partial charge on any atom is -0.489 e. The van der Waals surface area contributed by atoms with Gasteiger partial charge >= 0.3 is 0 Å². The molecule has 0 spiro atoms. The Kier molecular flexibility index (Phi) is 3.29. The summed E-state index contributed by atoms with van der Waals surface area (Å²) in [4.78, 5) is 0. The summed E-state index contributed by atoms with van der Waals surface area (Å²) in [6, 6.07) is 4.12. The predicted octanol–water partition coefficient (Wildman–Crippen LogP) is 2.35. The quantitative estimate of drug-likeness (QED) is 0.803. The topological polar surface area (TPSA) is 44.5 Å². The molecule has 2 rings (SSSR count). The molecule has 1 aliphatic rings. The van der Waals surface area contributed by atoms with Crippen molar-refractivity contribution in [1.29, 1.82) is 0 Å². The fourth-order valence-corrected chi connectivity index (χ4v) is 1.82. The van der Waals surface area contributed by atoms with E-state index in [1.54, 1.807) is 0 Å². The van der Waals surface area contributed by atoms with Crippen molar-refractivity contribution in [2.24, 2.45) is 0 Å². The van der Waals surface area contributed by atoms with Gasteiger partial charge in [0, 0.05) is 6.07 Å². The van der Waals surface area contributed by atoms with Crippen molar-refractivity contribution >= 4 is 5.69 Å². The molecule has 0 aromatic heterocycles. The second-order valence-corrected chi connectivity index (χ2v) is 4.14. The van der Waals surface area contributed by atoms with E-state index in [1.165, 1.54) is 18.2 Å². The first-order valence-corrected chi connectivity index (χ1v) is 5.48. The van der Waals surface area contributed by atoms with Crippen LogP contribution >= 0.6 is 0 Å². The lowest BCUT2D eigenvalue weighted by atomic mass is 10.2. The van der Waals surface area contributed by atoms with Crippen LogP contribution in [0.25, 0.3) is 0 Å². The first-order valence-electron chi connectivity index (χ1n) is 5.48. The monoisotopic (exact) mass is 225 g/mol. The van der Waals surface area contributed by atoms with Crippen LogP contribution in [0.4, 0.5) is 10.1 Å². The van der Waals surface area contributed by atoms with Crippen LogP contribution in [0.2, 0.25) is 0 Å². The van der Waals surface area contributed by atoms with Crippen molar-refractivity contribution in [3.8, 4) is 5.75 Å². The second-order valence-electron chi connectivity index (χ2n) is 4.14. The van der Waals surface area contributed by atoms with E-state index in [0.29, 0.717) is 24.1 Å². The van der Waals surface area contributed by atoms with Crippen LogP contribution < -0.4 is 10.5 Å². The summed E-state index contributed by atoms with van der Waals surface area (Å²) in [5.74, 6) is 0.0491. The van der Waals surface area contributed by atoms with Gasteiger partial charge in [0.15, 0.2) is 0 Å². The molecule has 1 aromatic rings. The number of nitrogens with two attached hydrogens (primary N) is 1. The van der Waals surface area contributed by atoms with Crippen LogP contribution in [-0.2, 0) is 4.74 Å². The number of hydrogen-bond acceptors (Lipinski definition) is 3. The SMILES string of the molecule is CC1CCC(COc2cc(F)ccc2N)O1. The highest BCUT2D eigenvalue weighted by molar-refractivity contribution is 5.52. The van der Waals surface area contributed by atoms with Gasteiger partial charge in [-0.25, -0.2) is 4.39 Å². The molecule has 0 amide bonds. The fraction of sp³-hybridized carbons (Fsp3) is 0.500. The molecule has 1 aromatic carbocycles. The van der Waals surface area contributed by atoms with Gasteiger partial charge in [-0.3, -0.25) is 0 Å². The first-order chi connectivity index (χ1) is 7.65. The lowest BCUT2D eigenvalue weighted by Crippen LogP contribution is -2.18. The highest BCUT2D eigenvalue weighted by Crippen LogP contribution is 2.24. The van der Waals surface area contributed by atoms with Gasteiger partial charge in [0.1, 0.15) is 18.2 Å². The van der Waals surface area contributed by atoms with E-state index in [2.05, 4.69) is 0 Å². The van der Waals surface area contributed by atoms with E-state index in [0.717, 1.165) is 12.8 Å². The standard InChI is InChI=1S/C12H16FNO2/c1-8-2-4-10(16-8)7-15-12-6-9(13)3-5-11(12)14/h3,5-6,8,10H,2,4,7,14H2,1H3. The lowest BCUT2D eigenvalue weighted by molar-refractivity contribution is 0.0266. The third-order valence-electron chi connectivity index (χ3n) is 2.72. The molecule has 1 saturated heterocycles. The third kappa shape index (κ3) is 2.64. The van der Waals surface area contributed by atoms with E-state index < -0.39 is 0 Å². The molecule has 1 fully saturated rings. The molecule has 2 N–H and O–H groups in total. The third-order valence-corrected chi connectivity index (χ3v) is 2.72. The molecule has 16 heavy (non-hydrogen) atoms. The largest absolute Gasteiger partial charge is 0.489 e. The maximum Gasteiger partial charge on any atom is 0.145 e. The van der Waals surface area contributed by atoms with Crippen LogP contribution in [0.15, 0.2) is 18.2 Å². The number of ether oxygens (including phenoxy) is 2. The molecule has 88 valence electrons. The molecule has 0 bridgehead atoms. The zero-order valence-corrected chi connectivity index (χ0v) is 9.28. The van der Waals surface area contributed by atoms with E-state index in [1.807, 2.05) is 6.92 Å². The molecule has 2 unspecified atom stereocenters. The van der Waals surface area contributed by atoms with E-state index in [4.69, 9.17) is 15.2 Å². The molecule has 0 saturated carbocycles. The minimum atomic E-state index is -0.343. The van der Waals surface area contributed by atoms with E-state index in [9.17, 15) is 4.39 Å². The summed E-state index contributed by atoms with van der Waals surface area (Å²) in [7, 11) is 0. The van der Waals surface area contributed by atoms with Crippen LogP contribution in [0, 0.1) is 5.82 Å². The minimum absolute atomic E-state index is 0.0951. The van der Waals surface area contributed by atoms with Gasteiger partial charge in [-0.2, -0.15) is 0 Å². The van der Waals surface area contributed by atoms with Crippen molar-refractivity contribution in [2.75, 3.05) is 12.3 Å². The zero-order chi connectivity index (χ0) is 11.5. The summed E-state index contributed by atoms with van der Waals surface area (Å²) in [6.45, 7) is 2.47. The Morgan fingerprint density at radius 1 is 1.50 bits per heavy atom. The average Bonchev–Trinajstić information content (AvgIpc) is 2.66. The molecule has 0 aliphatic carbocycles.